The van der Waals surface area contributed by atoms with Gasteiger partial charge in [-0.1, -0.05) is 31.0 Å². The van der Waals surface area contributed by atoms with Crippen molar-refractivity contribution in [2.24, 2.45) is 0 Å². The molecule has 0 saturated carbocycles. The van der Waals surface area contributed by atoms with Crippen LogP contribution >= 0.6 is 11.6 Å². The third kappa shape index (κ3) is 4.67. The Hall–Kier alpha value is -1.14. The van der Waals surface area contributed by atoms with Gasteiger partial charge in [0.1, 0.15) is 5.82 Å². The monoisotopic (exact) mass is 361 g/mol. The van der Waals surface area contributed by atoms with Crippen LogP contribution in [0.4, 0.5) is 4.39 Å². The lowest BCUT2D eigenvalue weighted by molar-refractivity contribution is -0.133. The molecule has 0 aromatic heterocycles. The van der Waals surface area contributed by atoms with E-state index < -0.39 is 21.7 Å². The number of halogens is 2. The Morgan fingerprint density at radius 1 is 1.43 bits per heavy atom. The highest BCUT2D eigenvalue weighted by atomic mass is 35.5. The number of hydrogen-bond acceptors (Lipinski definition) is 3. The quantitative estimate of drug-likeness (QED) is 0.781. The summed E-state index contributed by atoms with van der Waals surface area (Å²) >= 11 is 6.05. The summed E-state index contributed by atoms with van der Waals surface area (Å²) in [6.45, 7) is 1.99. The van der Waals surface area contributed by atoms with Crippen molar-refractivity contribution in [3.63, 3.8) is 0 Å². The molecule has 23 heavy (non-hydrogen) atoms. The lowest BCUT2D eigenvalue weighted by Crippen LogP contribution is -2.40. The summed E-state index contributed by atoms with van der Waals surface area (Å²) in [4.78, 5) is 14.0. The van der Waals surface area contributed by atoms with Crippen molar-refractivity contribution in [2.75, 3.05) is 11.5 Å². The van der Waals surface area contributed by atoms with E-state index in [2.05, 4.69) is 0 Å². The van der Waals surface area contributed by atoms with Gasteiger partial charge < -0.3 is 4.90 Å². The normalized spacial score (nSPS) is 19.7. The zero-order valence-corrected chi connectivity index (χ0v) is 14.7. The topological polar surface area (TPSA) is 54.5 Å². The van der Waals surface area contributed by atoms with Gasteiger partial charge in [-0.2, -0.15) is 0 Å². The van der Waals surface area contributed by atoms with Gasteiger partial charge in [0.25, 0.3) is 0 Å². The molecule has 1 atom stereocenters. The molecule has 0 bridgehead atoms. The van der Waals surface area contributed by atoms with Crippen LogP contribution in [0, 0.1) is 5.82 Å². The molecule has 0 spiro atoms. The predicted octanol–water partition coefficient (Wildman–Crippen LogP) is 3.19. The third-order valence-electron chi connectivity index (χ3n) is 4.10. The molecule has 7 heteroatoms. The molecule has 1 fully saturated rings. The molecule has 1 aromatic rings. The summed E-state index contributed by atoms with van der Waals surface area (Å²) in [5, 5.41) is 0.249. The molecule has 0 N–H and O–H groups in total. The molecule has 1 aliphatic heterocycles. The van der Waals surface area contributed by atoms with Crippen LogP contribution < -0.4 is 0 Å². The van der Waals surface area contributed by atoms with Gasteiger partial charge in [-0.05, 0) is 25.0 Å². The average molecular weight is 362 g/mol. The Morgan fingerprint density at radius 2 is 2.17 bits per heavy atom. The molecule has 2 rings (SSSR count). The van der Waals surface area contributed by atoms with E-state index in [0.717, 1.165) is 12.8 Å². The van der Waals surface area contributed by atoms with Crippen LogP contribution in [-0.4, -0.2) is 36.8 Å². The second-order valence-electron chi connectivity index (χ2n) is 5.88. The largest absolute Gasteiger partial charge is 0.334 e. The SMILES string of the molecule is CCCCC(=O)N(Cc1c(F)cccc1Cl)[C@@H]1CCS(=O)(=O)C1. The van der Waals surface area contributed by atoms with E-state index >= 15 is 0 Å². The first-order valence-electron chi connectivity index (χ1n) is 7.77. The number of benzene rings is 1. The fourth-order valence-electron chi connectivity index (χ4n) is 2.77. The summed E-state index contributed by atoms with van der Waals surface area (Å²) < 4.78 is 37.5. The van der Waals surface area contributed by atoms with Crippen molar-refractivity contribution in [1.29, 1.82) is 0 Å². The highest BCUT2D eigenvalue weighted by Gasteiger charge is 2.35. The molecule has 0 aliphatic carbocycles. The number of nitrogens with zero attached hydrogens (tertiary/aromatic N) is 1. The van der Waals surface area contributed by atoms with E-state index in [1.807, 2.05) is 6.92 Å². The lowest BCUT2D eigenvalue weighted by atomic mass is 10.1. The maximum Gasteiger partial charge on any atom is 0.223 e. The molecule has 1 amide bonds. The zero-order chi connectivity index (χ0) is 17.0. The highest BCUT2D eigenvalue weighted by Crippen LogP contribution is 2.26. The van der Waals surface area contributed by atoms with E-state index in [9.17, 15) is 17.6 Å². The van der Waals surface area contributed by atoms with Gasteiger partial charge in [-0.15, -0.1) is 0 Å². The van der Waals surface area contributed by atoms with Crippen LogP contribution in [0.1, 0.15) is 38.2 Å². The number of sulfone groups is 1. The van der Waals surface area contributed by atoms with Gasteiger partial charge in [0.2, 0.25) is 5.91 Å². The van der Waals surface area contributed by atoms with E-state index in [1.54, 1.807) is 6.07 Å². The van der Waals surface area contributed by atoms with Crippen LogP contribution in [0.25, 0.3) is 0 Å². The average Bonchev–Trinajstić information content (AvgIpc) is 2.84. The van der Waals surface area contributed by atoms with Gasteiger partial charge >= 0.3 is 0 Å². The summed E-state index contributed by atoms with van der Waals surface area (Å²) in [6, 6.07) is 3.96. The number of rotatable bonds is 6. The molecule has 1 aromatic carbocycles. The molecule has 4 nitrogen and oxygen atoms in total. The van der Waals surface area contributed by atoms with Crippen LogP contribution in [0.15, 0.2) is 18.2 Å². The number of carbonyl (C=O) groups excluding carboxylic acids is 1. The van der Waals surface area contributed by atoms with Crippen molar-refractivity contribution in [3.05, 3.63) is 34.6 Å². The Balaban J connectivity index is 2.25. The van der Waals surface area contributed by atoms with Crippen LogP contribution in [0.5, 0.6) is 0 Å². The van der Waals surface area contributed by atoms with Gasteiger partial charge in [0, 0.05) is 23.0 Å². The predicted molar refractivity (Wildman–Crippen MR) is 88.5 cm³/mol. The Bertz CT molecular complexity index is 658. The van der Waals surface area contributed by atoms with Gasteiger partial charge in [0.05, 0.1) is 18.1 Å². The minimum absolute atomic E-state index is 0.00818. The summed E-state index contributed by atoms with van der Waals surface area (Å²) in [7, 11) is -3.13. The molecule has 0 unspecified atom stereocenters. The first-order valence-corrected chi connectivity index (χ1v) is 9.96. The van der Waals surface area contributed by atoms with Crippen molar-refractivity contribution in [3.8, 4) is 0 Å². The minimum Gasteiger partial charge on any atom is -0.334 e. The van der Waals surface area contributed by atoms with E-state index in [0.29, 0.717) is 12.8 Å². The Morgan fingerprint density at radius 3 is 2.74 bits per heavy atom. The summed E-state index contributed by atoms with van der Waals surface area (Å²) in [6.07, 6.45) is 2.31. The molecule has 128 valence electrons. The zero-order valence-electron chi connectivity index (χ0n) is 13.1. The molecular formula is C16H21ClFNO3S. The van der Waals surface area contributed by atoms with Gasteiger partial charge in [-0.25, -0.2) is 12.8 Å². The molecule has 1 aliphatic rings. The summed E-state index contributed by atoms with van der Waals surface area (Å²) in [5.74, 6) is -0.614. The van der Waals surface area contributed by atoms with E-state index in [-0.39, 0.29) is 34.5 Å². The van der Waals surface area contributed by atoms with Crippen molar-refractivity contribution >= 4 is 27.3 Å². The Kier molecular flexibility index (Phi) is 6.03. The fraction of sp³-hybridized carbons (Fsp3) is 0.562. The van der Waals surface area contributed by atoms with Crippen molar-refractivity contribution < 1.29 is 17.6 Å². The van der Waals surface area contributed by atoms with E-state index in [4.69, 9.17) is 11.6 Å². The van der Waals surface area contributed by atoms with Crippen LogP contribution in [0.2, 0.25) is 5.02 Å². The standard InChI is InChI=1S/C16H21ClFNO3S/c1-2-3-7-16(20)19(12-8-9-23(21,22)11-12)10-13-14(17)5-4-6-15(13)18/h4-6,12H,2-3,7-11H2,1H3/t12-/m1/s1. The number of hydrogen-bond donors (Lipinski definition) is 0. The Labute approximate surface area is 141 Å². The van der Waals surface area contributed by atoms with Crippen molar-refractivity contribution in [2.45, 2.75) is 45.2 Å². The van der Waals surface area contributed by atoms with Gasteiger partial charge in [0.15, 0.2) is 9.84 Å². The summed E-state index contributed by atoms with van der Waals surface area (Å²) in [5.41, 5.74) is 0.239. The second kappa shape index (κ2) is 7.62. The maximum atomic E-state index is 14.0. The molecule has 1 saturated heterocycles. The van der Waals surface area contributed by atoms with Crippen molar-refractivity contribution in [1.82, 2.24) is 4.90 Å². The first-order chi connectivity index (χ1) is 10.8. The maximum absolute atomic E-state index is 14.0. The number of carbonyl (C=O) groups is 1. The molecule has 1 heterocycles. The lowest BCUT2D eigenvalue weighted by Gasteiger charge is -2.29. The fourth-order valence-corrected chi connectivity index (χ4v) is 4.72. The highest BCUT2D eigenvalue weighted by molar-refractivity contribution is 7.91. The second-order valence-corrected chi connectivity index (χ2v) is 8.52. The third-order valence-corrected chi connectivity index (χ3v) is 6.21. The van der Waals surface area contributed by atoms with Gasteiger partial charge in [-0.3, -0.25) is 4.79 Å². The van der Waals surface area contributed by atoms with E-state index in [1.165, 1.54) is 17.0 Å². The molecule has 0 radical (unpaired) electrons. The minimum atomic E-state index is -3.13. The number of unbranched alkanes of at least 4 members (excludes halogenated alkanes) is 1. The van der Waals surface area contributed by atoms with Crippen LogP contribution in [-0.2, 0) is 21.2 Å². The first kappa shape index (κ1) is 18.2. The number of amides is 1. The molecular weight excluding hydrogens is 341 g/mol. The smallest absolute Gasteiger partial charge is 0.223 e. The van der Waals surface area contributed by atoms with Crippen LogP contribution in [0.3, 0.4) is 0 Å².